The zero-order chi connectivity index (χ0) is 24.0. The van der Waals surface area contributed by atoms with E-state index in [0.29, 0.717) is 28.2 Å². The Morgan fingerprint density at radius 1 is 0.939 bits per heavy atom. The van der Waals surface area contributed by atoms with E-state index in [2.05, 4.69) is 0 Å². The van der Waals surface area contributed by atoms with Crippen molar-refractivity contribution in [2.24, 2.45) is 0 Å². The van der Waals surface area contributed by atoms with Crippen molar-refractivity contribution in [3.05, 3.63) is 77.3 Å². The summed E-state index contributed by atoms with van der Waals surface area (Å²) in [6.45, 7) is 3.53. The van der Waals surface area contributed by atoms with Crippen molar-refractivity contribution in [2.45, 2.75) is 18.7 Å². The molecule has 33 heavy (non-hydrogen) atoms. The number of sulfonamides is 1. The van der Waals surface area contributed by atoms with Gasteiger partial charge in [0, 0.05) is 0 Å². The van der Waals surface area contributed by atoms with E-state index in [1.54, 1.807) is 36.4 Å². The van der Waals surface area contributed by atoms with Crippen LogP contribution in [0.2, 0.25) is 5.02 Å². The SMILES string of the molecule is CCOc1ccccc1OCC(=O)N(c1ccc(OC)c(Cl)c1)S(=O)(=O)c1ccc(C)cc1. The molecule has 0 aliphatic carbocycles. The fourth-order valence-corrected chi connectivity index (χ4v) is 4.71. The summed E-state index contributed by atoms with van der Waals surface area (Å²) >= 11 is 6.22. The van der Waals surface area contributed by atoms with Gasteiger partial charge in [0.1, 0.15) is 5.75 Å². The van der Waals surface area contributed by atoms with Crippen molar-refractivity contribution in [1.82, 2.24) is 0 Å². The van der Waals surface area contributed by atoms with E-state index in [0.717, 1.165) is 5.56 Å². The minimum absolute atomic E-state index is 0.0388. The average Bonchev–Trinajstić information content (AvgIpc) is 2.79. The molecule has 0 fully saturated rings. The molecule has 3 rings (SSSR count). The van der Waals surface area contributed by atoms with Gasteiger partial charge >= 0.3 is 0 Å². The van der Waals surface area contributed by atoms with Gasteiger partial charge in [0.15, 0.2) is 18.1 Å². The molecule has 0 bridgehead atoms. The van der Waals surface area contributed by atoms with Gasteiger partial charge in [0.25, 0.3) is 15.9 Å². The first-order chi connectivity index (χ1) is 15.8. The third kappa shape index (κ3) is 5.58. The van der Waals surface area contributed by atoms with Crippen LogP contribution in [0, 0.1) is 6.92 Å². The van der Waals surface area contributed by atoms with Gasteiger partial charge in [0.2, 0.25) is 0 Å². The van der Waals surface area contributed by atoms with Crippen molar-refractivity contribution in [1.29, 1.82) is 0 Å². The number of hydrogen-bond acceptors (Lipinski definition) is 6. The van der Waals surface area contributed by atoms with Crippen LogP contribution in [0.4, 0.5) is 5.69 Å². The monoisotopic (exact) mass is 489 g/mol. The van der Waals surface area contributed by atoms with Crippen LogP contribution in [-0.2, 0) is 14.8 Å². The van der Waals surface area contributed by atoms with E-state index in [-0.39, 0.29) is 15.6 Å². The van der Waals surface area contributed by atoms with E-state index < -0.39 is 22.5 Å². The van der Waals surface area contributed by atoms with Gasteiger partial charge < -0.3 is 14.2 Å². The summed E-state index contributed by atoms with van der Waals surface area (Å²) in [6, 6.07) is 17.3. The van der Waals surface area contributed by atoms with Crippen LogP contribution in [-0.4, -0.2) is 34.6 Å². The second-order valence-corrected chi connectivity index (χ2v) is 9.16. The lowest BCUT2D eigenvalue weighted by atomic mass is 10.2. The Morgan fingerprint density at radius 2 is 1.58 bits per heavy atom. The highest BCUT2D eigenvalue weighted by Gasteiger charge is 2.32. The molecule has 0 heterocycles. The molecule has 0 atom stereocenters. The summed E-state index contributed by atoms with van der Waals surface area (Å²) in [4.78, 5) is 13.2. The molecule has 0 aliphatic rings. The molecule has 0 aromatic heterocycles. The molecule has 0 saturated carbocycles. The molecule has 9 heteroatoms. The summed E-state index contributed by atoms with van der Waals surface area (Å²) < 4.78 is 43.9. The maximum absolute atomic E-state index is 13.5. The second kappa shape index (κ2) is 10.6. The number of anilines is 1. The number of halogens is 1. The smallest absolute Gasteiger partial charge is 0.278 e. The molecule has 174 valence electrons. The molecular formula is C24H24ClNO6S. The number of ether oxygens (including phenoxy) is 3. The van der Waals surface area contributed by atoms with Crippen molar-refractivity contribution < 1.29 is 27.4 Å². The van der Waals surface area contributed by atoms with Crippen molar-refractivity contribution in [2.75, 3.05) is 24.6 Å². The van der Waals surface area contributed by atoms with Crippen LogP contribution in [0.3, 0.4) is 0 Å². The first kappa shape index (κ1) is 24.4. The number of hydrogen-bond donors (Lipinski definition) is 0. The molecule has 0 spiro atoms. The van der Waals surface area contributed by atoms with Crippen molar-refractivity contribution in [3.8, 4) is 17.2 Å². The number of nitrogens with zero attached hydrogens (tertiary/aromatic N) is 1. The summed E-state index contributed by atoms with van der Waals surface area (Å²) in [5, 5.41) is 0.162. The number of carbonyl (C=O) groups excluding carboxylic acids is 1. The molecule has 7 nitrogen and oxygen atoms in total. The number of benzene rings is 3. The van der Waals surface area contributed by atoms with Crippen molar-refractivity contribution >= 4 is 33.2 Å². The average molecular weight is 490 g/mol. The number of rotatable bonds is 9. The van der Waals surface area contributed by atoms with Gasteiger partial charge in [-0.3, -0.25) is 4.79 Å². The molecule has 0 N–H and O–H groups in total. The quantitative estimate of drug-likeness (QED) is 0.427. The van der Waals surface area contributed by atoms with E-state index in [9.17, 15) is 13.2 Å². The molecule has 1 amide bonds. The second-order valence-electron chi connectivity index (χ2n) is 6.96. The van der Waals surface area contributed by atoms with Gasteiger partial charge in [-0.2, -0.15) is 4.31 Å². The number of carbonyl (C=O) groups is 1. The van der Waals surface area contributed by atoms with E-state index in [1.165, 1.54) is 37.4 Å². The summed E-state index contributed by atoms with van der Waals surface area (Å²) in [6.07, 6.45) is 0. The lowest BCUT2D eigenvalue weighted by molar-refractivity contribution is -0.119. The van der Waals surface area contributed by atoms with E-state index in [1.807, 2.05) is 13.8 Å². The highest BCUT2D eigenvalue weighted by atomic mass is 35.5. The standard InChI is InChI=1S/C24H24ClNO6S/c1-4-31-22-7-5-6-8-23(22)32-16-24(27)26(18-11-14-21(30-3)20(25)15-18)33(28,29)19-12-9-17(2)10-13-19/h5-15H,4,16H2,1-3H3. The van der Waals surface area contributed by atoms with Crippen LogP contribution in [0.1, 0.15) is 12.5 Å². The van der Waals surface area contributed by atoms with Crippen LogP contribution < -0.4 is 18.5 Å². The fraction of sp³-hybridized carbons (Fsp3) is 0.208. The van der Waals surface area contributed by atoms with Crippen molar-refractivity contribution in [3.63, 3.8) is 0 Å². The Labute approximate surface area is 198 Å². The number of amides is 1. The van der Waals surface area contributed by atoms with Gasteiger partial charge in [-0.15, -0.1) is 0 Å². The molecule has 0 radical (unpaired) electrons. The zero-order valence-electron chi connectivity index (χ0n) is 18.4. The Hall–Kier alpha value is -3.23. The molecule has 0 aliphatic heterocycles. The Balaban J connectivity index is 1.99. The van der Waals surface area contributed by atoms with Gasteiger partial charge in [-0.25, -0.2) is 8.42 Å². The predicted octanol–water partition coefficient (Wildman–Crippen LogP) is 4.86. The Kier molecular flexibility index (Phi) is 7.84. The molecule has 3 aromatic rings. The third-order valence-electron chi connectivity index (χ3n) is 4.66. The summed E-state index contributed by atoms with van der Waals surface area (Å²) in [7, 11) is -2.82. The number of para-hydroxylation sites is 2. The summed E-state index contributed by atoms with van der Waals surface area (Å²) in [5.74, 6) is 0.326. The van der Waals surface area contributed by atoms with Crippen LogP contribution in [0.5, 0.6) is 17.2 Å². The number of aryl methyl sites for hydroxylation is 1. The van der Waals surface area contributed by atoms with Gasteiger partial charge in [0.05, 0.1) is 29.3 Å². The summed E-state index contributed by atoms with van der Waals surface area (Å²) in [5.41, 5.74) is 0.947. The van der Waals surface area contributed by atoms with Crippen LogP contribution in [0.25, 0.3) is 0 Å². The maximum Gasteiger partial charge on any atom is 0.278 e. The highest BCUT2D eigenvalue weighted by molar-refractivity contribution is 7.93. The van der Waals surface area contributed by atoms with E-state index >= 15 is 0 Å². The van der Waals surface area contributed by atoms with E-state index in [4.69, 9.17) is 25.8 Å². The van der Waals surface area contributed by atoms with Gasteiger partial charge in [-0.05, 0) is 56.3 Å². The third-order valence-corrected chi connectivity index (χ3v) is 6.71. The zero-order valence-corrected chi connectivity index (χ0v) is 20.0. The van der Waals surface area contributed by atoms with Gasteiger partial charge in [-0.1, -0.05) is 41.4 Å². The molecule has 3 aromatic carbocycles. The lowest BCUT2D eigenvalue weighted by Gasteiger charge is -2.23. The first-order valence-corrected chi connectivity index (χ1v) is 11.9. The lowest BCUT2D eigenvalue weighted by Crippen LogP contribution is -2.40. The molecule has 0 saturated heterocycles. The largest absolute Gasteiger partial charge is 0.495 e. The highest BCUT2D eigenvalue weighted by Crippen LogP contribution is 2.33. The first-order valence-electron chi connectivity index (χ1n) is 10.1. The molecular weight excluding hydrogens is 466 g/mol. The van der Waals surface area contributed by atoms with Crippen LogP contribution >= 0.6 is 11.6 Å². The normalized spacial score (nSPS) is 11.0. The minimum Gasteiger partial charge on any atom is -0.495 e. The molecule has 0 unspecified atom stereocenters. The Bertz CT molecular complexity index is 1230. The maximum atomic E-state index is 13.5. The number of methoxy groups -OCH3 is 1. The fourth-order valence-electron chi connectivity index (χ4n) is 3.06. The van der Waals surface area contributed by atoms with Crippen LogP contribution in [0.15, 0.2) is 71.6 Å². The predicted molar refractivity (Wildman–Crippen MR) is 127 cm³/mol. The minimum atomic E-state index is -4.26. The topological polar surface area (TPSA) is 82.1 Å². The Morgan fingerprint density at radius 3 is 2.15 bits per heavy atom.